The van der Waals surface area contributed by atoms with Crippen LogP contribution in [0.1, 0.15) is 37.4 Å². The number of benzene rings is 2. The third-order valence-corrected chi connectivity index (χ3v) is 3.59. The van der Waals surface area contributed by atoms with Crippen molar-refractivity contribution in [2.24, 2.45) is 0 Å². The molecule has 0 aliphatic carbocycles. The van der Waals surface area contributed by atoms with Crippen LogP contribution in [0.3, 0.4) is 0 Å². The van der Waals surface area contributed by atoms with E-state index in [1.54, 1.807) is 26.0 Å². The van der Waals surface area contributed by atoms with Crippen LogP contribution in [0.15, 0.2) is 30.3 Å². The summed E-state index contributed by atoms with van der Waals surface area (Å²) in [6.07, 6.45) is 0. The molecule has 0 bridgehead atoms. The van der Waals surface area contributed by atoms with Gasteiger partial charge < -0.3 is 5.11 Å². The number of carbonyl (C=O) groups is 2. The monoisotopic (exact) mass is 344 g/mol. The third kappa shape index (κ3) is 3.34. The first-order valence-electron chi connectivity index (χ1n) is 6.95. The summed E-state index contributed by atoms with van der Waals surface area (Å²) in [7, 11) is 0. The largest absolute Gasteiger partial charge is 0.478 e. The highest BCUT2D eigenvalue weighted by molar-refractivity contribution is 6.15. The Kier molecular flexibility index (Phi) is 4.59. The molecule has 0 aliphatic rings. The number of aromatic carboxylic acids is 1. The molecular weight excluding hydrogens is 332 g/mol. The summed E-state index contributed by atoms with van der Waals surface area (Å²) >= 11 is 0. The Morgan fingerprint density at radius 2 is 1.48 bits per heavy atom. The van der Waals surface area contributed by atoms with Crippen LogP contribution < -0.4 is 0 Å². The van der Waals surface area contributed by atoms with E-state index in [2.05, 4.69) is 0 Å². The highest BCUT2D eigenvalue weighted by Gasteiger charge is 2.34. The van der Waals surface area contributed by atoms with Crippen molar-refractivity contribution in [3.05, 3.63) is 78.4 Å². The number of carbonyl (C=O) groups excluding carboxylic acids is 1. The van der Waals surface area contributed by atoms with Crippen LogP contribution in [-0.4, -0.2) is 26.7 Å². The van der Waals surface area contributed by atoms with Gasteiger partial charge in [0.15, 0.2) is 5.56 Å². The van der Waals surface area contributed by atoms with Gasteiger partial charge >= 0.3 is 5.97 Å². The predicted molar refractivity (Wildman–Crippen MR) is 86.1 cm³/mol. The maximum absolute atomic E-state index is 12.8. The lowest BCUT2D eigenvalue weighted by Crippen LogP contribution is -2.12. The van der Waals surface area contributed by atoms with Crippen molar-refractivity contribution in [1.29, 1.82) is 0 Å². The molecule has 2 aromatic carbocycles. The zero-order chi connectivity index (χ0) is 18.9. The van der Waals surface area contributed by atoms with E-state index in [1.165, 1.54) is 6.07 Å². The minimum Gasteiger partial charge on any atom is -0.478 e. The number of hydrogen-bond acceptors (Lipinski definition) is 6. The maximum atomic E-state index is 12.8. The SMILES string of the molecule is Cc1ccc(C(=O)c2c([N+](=O)[O-])cc(C(=O)O)cc2[N+](=O)[O-])c(C)c1. The van der Waals surface area contributed by atoms with Gasteiger partial charge in [0.2, 0.25) is 5.78 Å². The second kappa shape index (κ2) is 6.48. The second-order valence-electron chi connectivity index (χ2n) is 5.36. The average molecular weight is 344 g/mol. The lowest BCUT2D eigenvalue weighted by molar-refractivity contribution is -0.394. The molecule has 2 aromatic rings. The van der Waals surface area contributed by atoms with E-state index >= 15 is 0 Å². The van der Waals surface area contributed by atoms with Gasteiger partial charge in [0.25, 0.3) is 11.4 Å². The minimum absolute atomic E-state index is 0.0693. The normalized spacial score (nSPS) is 10.3. The van der Waals surface area contributed by atoms with Gasteiger partial charge in [0.1, 0.15) is 0 Å². The fraction of sp³-hybridized carbons (Fsp3) is 0.125. The van der Waals surface area contributed by atoms with Gasteiger partial charge in [-0.15, -0.1) is 0 Å². The molecule has 25 heavy (non-hydrogen) atoms. The van der Waals surface area contributed by atoms with E-state index in [-0.39, 0.29) is 5.56 Å². The summed E-state index contributed by atoms with van der Waals surface area (Å²) in [5, 5.41) is 31.6. The lowest BCUT2D eigenvalue weighted by atomic mass is 9.94. The molecule has 1 N–H and O–H groups in total. The summed E-state index contributed by atoms with van der Waals surface area (Å²) in [5.74, 6) is -2.48. The fourth-order valence-electron chi connectivity index (χ4n) is 2.46. The number of nitro benzene ring substituents is 2. The van der Waals surface area contributed by atoms with E-state index in [1.807, 2.05) is 0 Å². The van der Waals surface area contributed by atoms with Crippen LogP contribution in [-0.2, 0) is 0 Å². The molecule has 0 fully saturated rings. The van der Waals surface area contributed by atoms with Crippen molar-refractivity contribution in [3.8, 4) is 0 Å². The first-order valence-corrected chi connectivity index (χ1v) is 6.95. The minimum atomic E-state index is -1.57. The Balaban J connectivity index is 2.82. The lowest BCUT2D eigenvalue weighted by Gasteiger charge is -2.08. The number of ketones is 1. The number of aryl methyl sites for hydroxylation is 2. The zero-order valence-corrected chi connectivity index (χ0v) is 13.2. The number of carboxylic acids is 1. The van der Waals surface area contributed by atoms with Crippen LogP contribution in [0.4, 0.5) is 11.4 Å². The second-order valence-corrected chi connectivity index (χ2v) is 5.36. The molecule has 128 valence electrons. The molecule has 0 radical (unpaired) electrons. The Morgan fingerprint density at radius 3 is 1.88 bits per heavy atom. The smallest absolute Gasteiger partial charge is 0.336 e. The zero-order valence-electron chi connectivity index (χ0n) is 13.2. The van der Waals surface area contributed by atoms with Crippen molar-refractivity contribution < 1.29 is 24.5 Å². The van der Waals surface area contributed by atoms with Gasteiger partial charge in [-0.25, -0.2) is 4.79 Å². The molecular formula is C16H12N2O7. The van der Waals surface area contributed by atoms with Gasteiger partial charge in [0, 0.05) is 17.7 Å². The fourth-order valence-corrected chi connectivity index (χ4v) is 2.46. The van der Waals surface area contributed by atoms with Gasteiger partial charge in [-0.05, 0) is 19.4 Å². The molecule has 0 amide bonds. The highest BCUT2D eigenvalue weighted by Crippen LogP contribution is 2.33. The first kappa shape index (κ1) is 17.7. The van der Waals surface area contributed by atoms with E-state index in [4.69, 9.17) is 5.11 Å². The standard InChI is InChI=1S/C16H12N2O7/c1-8-3-4-11(9(2)5-8)15(19)14-12(17(22)23)6-10(16(20)21)7-13(14)18(24)25/h3-7H,1-2H3,(H,20,21). The molecule has 0 atom stereocenters. The van der Waals surface area contributed by atoms with Crippen LogP contribution in [0.2, 0.25) is 0 Å². The number of nitro groups is 2. The van der Waals surface area contributed by atoms with E-state index in [0.29, 0.717) is 17.7 Å². The van der Waals surface area contributed by atoms with Crippen molar-refractivity contribution in [2.45, 2.75) is 13.8 Å². The number of nitrogens with zero attached hydrogens (tertiary/aromatic N) is 2. The topological polar surface area (TPSA) is 141 Å². The molecule has 0 aliphatic heterocycles. The average Bonchev–Trinajstić information content (AvgIpc) is 2.52. The third-order valence-electron chi connectivity index (χ3n) is 3.59. The van der Waals surface area contributed by atoms with Crippen LogP contribution in [0.5, 0.6) is 0 Å². The van der Waals surface area contributed by atoms with E-state index in [0.717, 1.165) is 5.56 Å². The van der Waals surface area contributed by atoms with E-state index in [9.17, 15) is 29.8 Å². The summed E-state index contributed by atoms with van der Waals surface area (Å²) in [5.41, 5.74) is -1.81. The first-order chi connectivity index (χ1) is 11.6. The molecule has 9 nitrogen and oxygen atoms in total. The summed E-state index contributed by atoms with van der Waals surface area (Å²) < 4.78 is 0. The van der Waals surface area contributed by atoms with Gasteiger partial charge in [0.05, 0.1) is 15.4 Å². The van der Waals surface area contributed by atoms with Gasteiger partial charge in [-0.3, -0.25) is 25.0 Å². The molecule has 0 aromatic heterocycles. The molecule has 0 saturated heterocycles. The maximum Gasteiger partial charge on any atom is 0.336 e. The van der Waals surface area contributed by atoms with Crippen LogP contribution in [0, 0.1) is 34.1 Å². The van der Waals surface area contributed by atoms with Crippen molar-refractivity contribution >= 4 is 23.1 Å². The van der Waals surface area contributed by atoms with Crippen LogP contribution >= 0.6 is 0 Å². The molecule has 0 heterocycles. The van der Waals surface area contributed by atoms with Gasteiger partial charge in [-0.2, -0.15) is 0 Å². The van der Waals surface area contributed by atoms with Crippen molar-refractivity contribution in [2.75, 3.05) is 0 Å². The number of carboxylic acid groups (broad SMARTS) is 1. The Hall–Kier alpha value is -3.62. The Morgan fingerprint density at radius 1 is 0.960 bits per heavy atom. The van der Waals surface area contributed by atoms with Crippen LogP contribution in [0.25, 0.3) is 0 Å². The number of rotatable bonds is 5. The van der Waals surface area contributed by atoms with Gasteiger partial charge in [-0.1, -0.05) is 23.8 Å². The molecule has 0 unspecified atom stereocenters. The molecule has 0 saturated carbocycles. The van der Waals surface area contributed by atoms with Crippen molar-refractivity contribution in [1.82, 2.24) is 0 Å². The molecule has 0 spiro atoms. The Bertz CT molecular complexity index is 899. The summed E-state index contributed by atoms with van der Waals surface area (Å²) in [6, 6.07) is 5.98. The summed E-state index contributed by atoms with van der Waals surface area (Å²) in [4.78, 5) is 44.4. The van der Waals surface area contributed by atoms with E-state index < -0.39 is 44.1 Å². The predicted octanol–water partition coefficient (Wildman–Crippen LogP) is 3.05. The number of hydrogen-bond donors (Lipinski definition) is 1. The molecule has 9 heteroatoms. The quantitative estimate of drug-likeness (QED) is 0.499. The molecule has 2 rings (SSSR count). The van der Waals surface area contributed by atoms with Crippen molar-refractivity contribution in [3.63, 3.8) is 0 Å². The highest BCUT2D eigenvalue weighted by atomic mass is 16.6. The Labute approximate surface area is 140 Å². The summed E-state index contributed by atoms with van der Waals surface area (Å²) in [6.45, 7) is 3.39.